The molecule has 0 rings (SSSR count). The summed E-state index contributed by atoms with van der Waals surface area (Å²) in [5.41, 5.74) is 0. The van der Waals surface area contributed by atoms with Crippen molar-refractivity contribution in [1.82, 2.24) is 0 Å². The Labute approximate surface area is 600 Å². The summed E-state index contributed by atoms with van der Waals surface area (Å²) in [5, 5.41) is 10.6. The maximum Gasteiger partial charge on any atom is 0.472 e. The molecule has 6 atom stereocenters. The van der Waals surface area contributed by atoms with Crippen LogP contribution in [0.15, 0.2) is 0 Å². The fourth-order valence-corrected chi connectivity index (χ4v) is 13.8. The van der Waals surface area contributed by atoms with Crippen LogP contribution in [0.5, 0.6) is 0 Å². The van der Waals surface area contributed by atoms with Crippen LogP contribution in [0.1, 0.15) is 420 Å². The standard InChI is InChI=1S/C79H154O17P2/c1-6-10-13-16-18-20-22-24-26-28-30-31-32-34-36-38-40-42-44-49-54-59-64-78(83)96-75(69-90-77(82)63-58-53-48-43-41-39-37-35-33-29-27-25-23-21-19-17-14-11-7-2)71-94-98(87,88)92-67-73(80)66-91-97(85,86)93-70-74(68-89-76(81)62-57-51-15-12-8-3)95-79(84)65-60-55-50-46-45-47-52-56-61-72(5)9-4/h72-75,80H,6-71H2,1-5H3,(H,85,86)(H,87,88)/t72?,73-,74+,75+/m0/s1. The Kier molecular flexibility index (Phi) is 70.6. The molecule has 0 heterocycles. The molecule has 0 aromatic rings. The molecule has 0 fully saturated rings. The predicted molar refractivity (Wildman–Crippen MR) is 400 cm³/mol. The van der Waals surface area contributed by atoms with Gasteiger partial charge in [-0.3, -0.25) is 37.3 Å². The van der Waals surface area contributed by atoms with Crippen molar-refractivity contribution in [3.63, 3.8) is 0 Å². The molecular weight excluding hydrogens is 1280 g/mol. The first-order valence-corrected chi connectivity index (χ1v) is 44.2. The molecule has 98 heavy (non-hydrogen) atoms. The maximum absolute atomic E-state index is 13.1. The molecule has 0 radical (unpaired) electrons. The number of carbonyl (C=O) groups is 4. The van der Waals surface area contributed by atoms with Gasteiger partial charge in [-0.2, -0.15) is 0 Å². The fourth-order valence-electron chi connectivity index (χ4n) is 12.2. The number of ether oxygens (including phenoxy) is 4. The number of rotatable bonds is 79. The van der Waals surface area contributed by atoms with E-state index in [1.165, 1.54) is 238 Å². The maximum atomic E-state index is 13.1. The highest BCUT2D eigenvalue weighted by atomic mass is 31.2. The van der Waals surface area contributed by atoms with Crippen LogP contribution in [0, 0.1) is 5.92 Å². The summed E-state index contributed by atoms with van der Waals surface area (Å²) < 4.78 is 68.4. The summed E-state index contributed by atoms with van der Waals surface area (Å²) >= 11 is 0. The number of phosphoric ester groups is 2. The summed E-state index contributed by atoms with van der Waals surface area (Å²) in [7, 11) is -9.90. The van der Waals surface area contributed by atoms with Crippen LogP contribution >= 0.6 is 15.6 Å². The van der Waals surface area contributed by atoms with E-state index >= 15 is 0 Å². The van der Waals surface area contributed by atoms with Crippen LogP contribution in [-0.4, -0.2) is 96.7 Å². The highest BCUT2D eigenvalue weighted by Crippen LogP contribution is 2.45. The first kappa shape index (κ1) is 96.1. The number of unbranched alkanes of at least 4 members (excludes halogenated alkanes) is 50. The van der Waals surface area contributed by atoms with Gasteiger partial charge in [0, 0.05) is 25.7 Å². The van der Waals surface area contributed by atoms with E-state index in [-0.39, 0.29) is 25.7 Å². The molecule has 0 aromatic heterocycles. The molecule has 0 aliphatic carbocycles. The Morgan fingerprint density at radius 3 is 0.724 bits per heavy atom. The second kappa shape index (κ2) is 72.0. The molecule has 0 saturated heterocycles. The van der Waals surface area contributed by atoms with Crippen LogP contribution in [0.2, 0.25) is 0 Å². The summed E-state index contributed by atoms with van der Waals surface area (Å²) in [4.78, 5) is 72.6. The van der Waals surface area contributed by atoms with Crippen LogP contribution in [0.4, 0.5) is 0 Å². The third-order valence-corrected chi connectivity index (χ3v) is 20.8. The molecule has 19 heteroatoms. The quantitative estimate of drug-likeness (QED) is 0.0222. The molecule has 0 aliphatic rings. The van der Waals surface area contributed by atoms with Gasteiger partial charge in [0.25, 0.3) is 0 Å². The van der Waals surface area contributed by atoms with Gasteiger partial charge < -0.3 is 33.8 Å². The minimum absolute atomic E-state index is 0.105. The third kappa shape index (κ3) is 71.1. The van der Waals surface area contributed by atoms with E-state index in [1.54, 1.807) is 0 Å². The Bertz CT molecular complexity index is 1880. The summed E-state index contributed by atoms with van der Waals surface area (Å²) in [6.07, 6.45) is 63.1. The third-order valence-electron chi connectivity index (χ3n) is 18.9. The van der Waals surface area contributed by atoms with Gasteiger partial charge in [-0.15, -0.1) is 0 Å². The lowest BCUT2D eigenvalue weighted by Gasteiger charge is -2.21. The minimum Gasteiger partial charge on any atom is -0.462 e. The Balaban J connectivity index is 5.11. The van der Waals surface area contributed by atoms with E-state index < -0.39 is 97.5 Å². The Morgan fingerprint density at radius 2 is 0.490 bits per heavy atom. The Morgan fingerprint density at radius 1 is 0.286 bits per heavy atom. The molecule has 0 aliphatic heterocycles. The molecule has 17 nitrogen and oxygen atoms in total. The molecule has 582 valence electrons. The van der Waals surface area contributed by atoms with E-state index in [0.29, 0.717) is 25.7 Å². The molecule has 0 bridgehead atoms. The van der Waals surface area contributed by atoms with Crippen molar-refractivity contribution in [3.05, 3.63) is 0 Å². The van der Waals surface area contributed by atoms with Crippen molar-refractivity contribution in [3.8, 4) is 0 Å². The summed E-state index contributed by atoms with van der Waals surface area (Å²) in [6.45, 7) is 7.21. The zero-order chi connectivity index (χ0) is 71.9. The molecule has 0 aromatic carbocycles. The predicted octanol–water partition coefficient (Wildman–Crippen LogP) is 23.6. The van der Waals surface area contributed by atoms with Gasteiger partial charge in [0.15, 0.2) is 12.2 Å². The van der Waals surface area contributed by atoms with Crippen LogP contribution in [0.3, 0.4) is 0 Å². The molecule has 3 unspecified atom stereocenters. The number of aliphatic hydroxyl groups is 1. The van der Waals surface area contributed by atoms with E-state index in [1.807, 2.05) is 0 Å². The number of esters is 4. The fraction of sp³-hybridized carbons (Fsp3) is 0.949. The van der Waals surface area contributed by atoms with Crippen molar-refractivity contribution in [2.24, 2.45) is 5.92 Å². The molecule has 0 spiro atoms. The van der Waals surface area contributed by atoms with Crippen molar-refractivity contribution < 1.29 is 80.2 Å². The van der Waals surface area contributed by atoms with Gasteiger partial charge in [0.05, 0.1) is 26.4 Å². The lowest BCUT2D eigenvalue weighted by Crippen LogP contribution is -2.30. The van der Waals surface area contributed by atoms with E-state index in [4.69, 9.17) is 37.0 Å². The van der Waals surface area contributed by atoms with Crippen molar-refractivity contribution >= 4 is 39.5 Å². The molecule has 0 amide bonds. The zero-order valence-corrected chi connectivity index (χ0v) is 65.7. The lowest BCUT2D eigenvalue weighted by molar-refractivity contribution is -0.161. The highest BCUT2D eigenvalue weighted by Gasteiger charge is 2.30. The molecule has 3 N–H and O–H groups in total. The smallest absolute Gasteiger partial charge is 0.462 e. The topological polar surface area (TPSA) is 237 Å². The number of hydrogen-bond acceptors (Lipinski definition) is 15. The first-order valence-electron chi connectivity index (χ1n) is 41.2. The lowest BCUT2D eigenvalue weighted by atomic mass is 9.99. The highest BCUT2D eigenvalue weighted by molar-refractivity contribution is 7.47. The molecular formula is C79H154O17P2. The largest absolute Gasteiger partial charge is 0.472 e. The van der Waals surface area contributed by atoms with Gasteiger partial charge in [0.2, 0.25) is 0 Å². The monoisotopic (exact) mass is 1440 g/mol. The number of phosphoric acid groups is 2. The van der Waals surface area contributed by atoms with E-state index in [9.17, 15) is 43.2 Å². The van der Waals surface area contributed by atoms with Crippen molar-refractivity contribution in [2.75, 3.05) is 39.6 Å². The molecule has 0 saturated carbocycles. The second-order valence-electron chi connectivity index (χ2n) is 28.7. The Hall–Kier alpha value is -1.94. The van der Waals surface area contributed by atoms with Gasteiger partial charge in [0.1, 0.15) is 19.3 Å². The van der Waals surface area contributed by atoms with Crippen LogP contribution in [0.25, 0.3) is 0 Å². The van der Waals surface area contributed by atoms with Crippen LogP contribution < -0.4 is 0 Å². The van der Waals surface area contributed by atoms with Crippen molar-refractivity contribution in [1.29, 1.82) is 0 Å². The number of carbonyl (C=O) groups excluding carboxylic acids is 4. The van der Waals surface area contributed by atoms with Gasteiger partial charge >= 0.3 is 39.5 Å². The van der Waals surface area contributed by atoms with Crippen LogP contribution in [-0.2, 0) is 65.4 Å². The van der Waals surface area contributed by atoms with Gasteiger partial charge in [-0.05, 0) is 31.6 Å². The first-order chi connectivity index (χ1) is 47.6. The van der Waals surface area contributed by atoms with Crippen molar-refractivity contribution in [2.45, 2.75) is 438 Å². The number of hydrogen-bond donors (Lipinski definition) is 3. The SMILES string of the molecule is CCCCCCCCCCCCCCCCCCCCCCCCC(=O)O[C@H](COC(=O)CCCCCCCCCCCCCCCCCCCCC)COP(=O)(O)OC[C@@H](O)COP(=O)(O)OC[C@@H](COC(=O)CCCCCCC)OC(=O)CCCCCCCCCCC(C)CC. The van der Waals surface area contributed by atoms with Gasteiger partial charge in [-0.25, -0.2) is 9.13 Å². The zero-order valence-electron chi connectivity index (χ0n) is 63.9. The normalized spacial score (nSPS) is 14.2. The summed E-state index contributed by atoms with van der Waals surface area (Å²) in [5.74, 6) is -1.36. The number of aliphatic hydroxyl groups excluding tert-OH is 1. The minimum atomic E-state index is -4.96. The average Bonchev–Trinajstić information content (AvgIpc) is 0.961. The van der Waals surface area contributed by atoms with E-state index in [0.717, 1.165) is 102 Å². The van der Waals surface area contributed by atoms with E-state index in [2.05, 4.69) is 34.6 Å². The van der Waals surface area contributed by atoms with Gasteiger partial charge in [-0.1, -0.05) is 369 Å². The summed E-state index contributed by atoms with van der Waals surface area (Å²) in [6, 6.07) is 0. The average molecular weight is 1440 g/mol. The second-order valence-corrected chi connectivity index (χ2v) is 31.6.